The van der Waals surface area contributed by atoms with Gasteiger partial charge in [-0.3, -0.25) is 4.79 Å². The molecular weight excluding hydrogens is 317 g/mol. The maximum absolute atomic E-state index is 11.9. The van der Waals surface area contributed by atoms with Crippen molar-refractivity contribution in [2.45, 2.75) is 19.6 Å². The molecule has 1 amide bonds. The molecule has 1 unspecified atom stereocenters. The summed E-state index contributed by atoms with van der Waals surface area (Å²) in [6.07, 6.45) is -0.594. The monoisotopic (exact) mass is 329 g/mol. The van der Waals surface area contributed by atoms with E-state index in [4.69, 9.17) is 27.9 Å². The van der Waals surface area contributed by atoms with Gasteiger partial charge in [0.15, 0.2) is 6.10 Å². The lowest BCUT2D eigenvalue weighted by Crippen LogP contribution is -2.35. The number of amides is 1. The number of hydrogen-bond donors (Lipinski definition) is 1. The summed E-state index contributed by atoms with van der Waals surface area (Å²) in [6, 6.07) is 10.6. The van der Waals surface area contributed by atoms with Gasteiger partial charge in [0.25, 0.3) is 5.91 Å². The first kappa shape index (κ1) is 15.2. The van der Waals surface area contributed by atoms with E-state index in [9.17, 15) is 4.79 Å². The second kappa shape index (κ2) is 6.97. The highest BCUT2D eigenvalue weighted by atomic mass is 35.5. The molecule has 0 saturated carbocycles. The SMILES string of the molecule is CC(Oc1cccc(Cl)c1)C(=O)NCc1ccc(Cl)s1. The minimum atomic E-state index is -0.594. The normalized spacial score (nSPS) is 11.9. The fourth-order valence-electron chi connectivity index (χ4n) is 1.56. The van der Waals surface area contributed by atoms with Crippen LogP contribution in [0.25, 0.3) is 0 Å². The summed E-state index contributed by atoms with van der Waals surface area (Å²) in [4.78, 5) is 12.9. The number of benzene rings is 1. The summed E-state index contributed by atoms with van der Waals surface area (Å²) in [7, 11) is 0. The van der Waals surface area contributed by atoms with Crippen molar-refractivity contribution >= 4 is 40.4 Å². The van der Waals surface area contributed by atoms with E-state index in [1.165, 1.54) is 11.3 Å². The zero-order valence-corrected chi connectivity index (χ0v) is 13.1. The number of rotatable bonds is 5. The Bertz CT molecular complexity index is 600. The zero-order valence-electron chi connectivity index (χ0n) is 10.7. The van der Waals surface area contributed by atoms with E-state index in [1.54, 1.807) is 37.3 Å². The van der Waals surface area contributed by atoms with Gasteiger partial charge < -0.3 is 10.1 Å². The molecule has 0 spiro atoms. The van der Waals surface area contributed by atoms with Gasteiger partial charge >= 0.3 is 0 Å². The quantitative estimate of drug-likeness (QED) is 0.895. The molecule has 3 nitrogen and oxygen atoms in total. The van der Waals surface area contributed by atoms with Crippen molar-refractivity contribution in [2.24, 2.45) is 0 Å². The van der Waals surface area contributed by atoms with Gasteiger partial charge in [-0.05, 0) is 37.3 Å². The molecule has 0 bridgehead atoms. The molecule has 0 saturated heterocycles. The van der Waals surface area contributed by atoms with Crippen LogP contribution in [0.1, 0.15) is 11.8 Å². The first-order valence-corrected chi connectivity index (χ1v) is 7.56. The van der Waals surface area contributed by atoms with E-state index in [2.05, 4.69) is 5.32 Å². The molecule has 106 valence electrons. The molecule has 2 aromatic rings. The Morgan fingerprint density at radius 1 is 1.35 bits per heavy atom. The minimum absolute atomic E-state index is 0.186. The molecule has 1 aromatic carbocycles. The third-order valence-corrected chi connectivity index (χ3v) is 4.01. The van der Waals surface area contributed by atoms with Crippen LogP contribution in [0, 0.1) is 0 Å². The van der Waals surface area contributed by atoms with Crippen LogP contribution in [-0.2, 0) is 11.3 Å². The van der Waals surface area contributed by atoms with Crippen LogP contribution >= 0.6 is 34.5 Å². The summed E-state index contributed by atoms with van der Waals surface area (Å²) in [6.45, 7) is 2.14. The number of nitrogens with one attached hydrogen (secondary N) is 1. The molecule has 0 fully saturated rings. The molecule has 1 aromatic heterocycles. The Morgan fingerprint density at radius 3 is 2.80 bits per heavy atom. The molecule has 0 aliphatic rings. The van der Waals surface area contributed by atoms with Crippen LogP contribution in [-0.4, -0.2) is 12.0 Å². The standard InChI is InChI=1S/C14H13Cl2NO2S/c1-9(19-11-4-2-3-10(15)7-11)14(18)17-8-12-5-6-13(16)20-12/h2-7,9H,8H2,1H3,(H,17,18). The summed E-state index contributed by atoms with van der Waals surface area (Å²) < 4.78 is 6.24. The molecular formula is C14H13Cl2NO2S. The molecule has 6 heteroatoms. The molecule has 1 atom stereocenters. The highest BCUT2D eigenvalue weighted by Gasteiger charge is 2.14. The molecule has 1 N–H and O–H groups in total. The van der Waals surface area contributed by atoms with Crippen LogP contribution in [0.5, 0.6) is 5.75 Å². The fourth-order valence-corrected chi connectivity index (χ4v) is 2.77. The van der Waals surface area contributed by atoms with Crippen molar-refractivity contribution < 1.29 is 9.53 Å². The van der Waals surface area contributed by atoms with E-state index in [0.717, 1.165) is 4.88 Å². The Balaban J connectivity index is 1.85. The van der Waals surface area contributed by atoms with Crippen LogP contribution in [0.2, 0.25) is 9.36 Å². The zero-order chi connectivity index (χ0) is 14.5. The van der Waals surface area contributed by atoms with Crippen LogP contribution in [0.4, 0.5) is 0 Å². The predicted octanol–water partition coefficient (Wildman–Crippen LogP) is 4.14. The van der Waals surface area contributed by atoms with Gasteiger partial charge in [-0.2, -0.15) is 0 Å². The first-order chi connectivity index (χ1) is 9.54. The summed E-state index contributed by atoms with van der Waals surface area (Å²) in [5.41, 5.74) is 0. The van der Waals surface area contributed by atoms with Gasteiger partial charge in [-0.25, -0.2) is 0 Å². The number of thiophene rings is 1. The van der Waals surface area contributed by atoms with Crippen molar-refractivity contribution in [3.05, 3.63) is 50.6 Å². The highest BCUT2D eigenvalue weighted by molar-refractivity contribution is 7.16. The Morgan fingerprint density at radius 2 is 2.15 bits per heavy atom. The van der Waals surface area contributed by atoms with Crippen molar-refractivity contribution in [1.29, 1.82) is 0 Å². The maximum atomic E-state index is 11.9. The average Bonchev–Trinajstić information content (AvgIpc) is 2.81. The third kappa shape index (κ3) is 4.40. The summed E-state index contributed by atoms with van der Waals surface area (Å²) in [5, 5.41) is 3.37. The van der Waals surface area contributed by atoms with Gasteiger partial charge in [0.05, 0.1) is 10.9 Å². The maximum Gasteiger partial charge on any atom is 0.261 e. The molecule has 0 radical (unpaired) electrons. The van der Waals surface area contributed by atoms with Crippen molar-refractivity contribution in [3.63, 3.8) is 0 Å². The third-order valence-electron chi connectivity index (χ3n) is 2.54. The molecule has 0 aliphatic heterocycles. The summed E-state index contributed by atoms with van der Waals surface area (Å²) in [5.74, 6) is 0.383. The van der Waals surface area contributed by atoms with Crippen molar-refractivity contribution in [1.82, 2.24) is 5.32 Å². The number of hydrogen-bond acceptors (Lipinski definition) is 3. The molecule has 2 rings (SSSR count). The van der Waals surface area contributed by atoms with Crippen LogP contribution in [0.3, 0.4) is 0 Å². The van der Waals surface area contributed by atoms with Crippen LogP contribution < -0.4 is 10.1 Å². The predicted molar refractivity (Wildman–Crippen MR) is 82.7 cm³/mol. The van der Waals surface area contributed by atoms with Gasteiger partial charge in [0.1, 0.15) is 5.75 Å². The number of halogens is 2. The largest absolute Gasteiger partial charge is 0.481 e. The minimum Gasteiger partial charge on any atom is -0.481 e. The average molecular weight is 330 g/mol. The number of carbonyl (C=O) groups excluding carboxylic acids is 1. The topological polar surface area (TPSA) is 38.3 Å². The number of carbonyl (C=O) groups is 1. The van der Waals surface area contributed by atoms with Crippen molar-refractivity contribution in [3.8, 4) is 5.75 Å². The van der Waals surface area contributed by atoms with Gasteiger partial charge in [-0.1, -0.05) is 29.3 Å². The van der Waals surface area contributed by atoms with E-state index >= 15 is 0 Å². The first-order valence-electron chi connectivity index (χ1n) is 5.99. The van der Waals surface area contributed by atoms with Crippen LogP contribution in [0.15, 0.2) is 36.4 Å². The molecule has 20 heavy (non-hydrogen) atoms. The number of ether oxygens (including phenoxy) is 1. The fraction of sp³-hybridized carbons (Fsp3) is 0.214. The lowest BCUT2D eigenvalue weighted by atomic mass is 10.3. The smallest absolute Gasteiger partial charge is 0.261 e. The highest BCUT2D eigenvalue weighted by Crippen LogP contribution is 2.21. The molecule has 1 heterocycles. The summed E-state index contributed by atoms with van der Waals surface area (Å²) >= 11 is 13.1. The van der Waals surface area contributed by atoms with Gasteiger partial charge in [-0.15, -0.1) is 11.3 Å². The van der Waals surface area contributed by atoms with Gasteiger partial charge in [0.2, 0.25) is 0 Å². The molecule has 0 aliphatic carbocycles. The van der Waals surface area contributed by atoms with Crippen molar-refractivity contribution in [2.75, 3.05) is 0 Å². The van der Waals surface area contributed by atoms with Gasteiger partial charge in [0, 0.05) is 9.90 Å². The van der Waals surface area contributed by atoms with E-state index < -0.39 is 6.10 Å². The van der Waals surface area contributed by atoms with E-state index in [1.807, 2.05) is 6.07 Å². The van der Waals surface area contributed by atoms with E-state index in [0.29, 0.717) is 21.7 Å². The second-order valence-corrected chi connectivity index (χ2v) is 6.38. The lowest BCUT2D eigenvalue weighted by molar-refractivity contribution is -0.127. The Hall–Kier alpha value is -1.23. The van der Waals surface area contributed by atoms with E-state index in [-0.39, 0.29) is 5.91 Å². The Labute approximate surface area is 131 Å². The Kier molecular flexibility index (Phi) is 5.29. The second-order valence-electron chi connectivity index (χ2n) is 4.14. The lowest BCUT2D eigenvalue weighted by Gasteiger charge is -2.14.